The first-order valence-corrected chi connectivity index (χ1v) is 9.54. The fourth-order valence-corrected chi connectivity index (χ4v) is 3.46. The second-order valence-corrected chi connectivity index (χ2v) is 7.20. The summed E-state index contributed by atoms with van der Waals surface area (Å²) in [5.41, 5.74) is 3.87. The minimum Gasteiger partial charge on any atom is -0.453 e. The number of nitrogens with one attached hydrogen (secondary N) is 1. The van der Waals surface area contributed by atoms with E-state index >= 15 is 0 Å². The number of carbonyl (C=O) groups is 3. The molecule has 3 rings (SSSR count). The Bertz CT molecular complexity index is 1000. The molecule has 5 nitrogen and oxygen atoms in total. The third-order valence-electron chi connectivity index (χ3n) is 4.07. The molecule has 1 amide bonds. The van der Waals surface area contributed by atoms with Crippen molar-refractivity contribution in [3.05, 3.63) is 76.0 Å². The van der Waals surface area contributed by atoms with Crippen LogP contribution in [-0.2, 0) is 9.53 Å². The van der Waals surface area contributed by atoms with Crippen molar-refractivity contribution in [2.75, 3.05) is 11.9 Å². The average molecular weight is 393 g/mol. The number of ketones is 1. The van der Waals surface area contributed by atoms with Gasteiger partial charge in [-0.05, 0) is 48.2 Å². The molecule has 0 saturated heterocycles. The van der Waals surface area contributed by atoms with E-state index in [2.05, 4.69) is 5.32 Å². The lowest BCUT2D eigenvalue weighted by molar-refractivity contribution is -0.114. The topological polar surface area (TPSA) is 72.5 Å². The number of benzene rings is 2. The summed E-state index contributed by atoms with van der Waals surface area (Å²) in [6, 6.07) is 16.2. The van der Waals surface area contributed by atoms with Crippen molar-refractivity contribution in [1.29, 1.82) is 0 Å². The molecule has 2 aromatic carbocycles. The second kappa shape index (κ2) is 8.63. The minimum absolute atomic E-state index is 0.187. The normalized spacial score (nSPS) is 10.4. The summed E-state index contributed by atoms with van der Waals surface area (Å²) in [5.74, 6) is -1.02. The molecule has 0 aliphatic heterocycles. The van der Waals surface area contributed by atoms with Gasteiger partial charge >= 0.3 is 5.97 Å². The van der Waals surface area contributed by atoms with Crippen LogP contribution in [-0.4, -0.2) is 24.3 Å². The van der Waals surface area contributed by atoms with Crippen LogP contribution in [0.25, 0.3) is 11.1 Å². The average Bonchev–Trinajstić information content (AvgIpc) is 3.16. The first-order chi connectivity index (χ1) is 13.4. The largest absolute Gasteiger partial charge is 0.453 e. The van der Waals surface area contributed by atoms with Gasteiger partial charge in [-0.25, -0.2) is 4.79 Å². The SMILES string of the molecule is CC(=O)Nc1ccc(C(=O)COC(=O)c2sccc2-c2ccc(C)cc2)cc1. The number of ether oxygens (including phenoxy) is 1. The fourth-order valence-electron chi connectivity index (χ4n) is 2.65. The predicted molar refractivity (Wildman–Crippen MR) is 110 cm³/mol. The summed E-state index contributed by atoms with van der Waals surface area (Å²) in [6.45, 7) is 3.07. The zero-order valence-corrected chi connectivity index (χ0v) is 16.3. The van der Waals surface area contributed by atoms with Gasteiger partial charge in [0.1, 0.15) is 4.88 Å². The highest BCUT2D eigenvalue weighted by Gasteiger charge is 2.18. The molecule has 6 heteroatoms. The molecule has 0 spiro atoms. The molecule has 3 aromatic rings. The lowest BCUT2D eigenvalue weighted by Gasteiger charge is -2.07. The number of amides is 1. The van der Waals surface area contributed by atoms with Crippen molar-refractivity contribution < 1.29 is 19.1 Å². The zero-order chi connectivity index (χ0) is 20.1. The molecule has 0 aliphatic rings. The van der Waals surface area contributed by atoms with Gasteiger partial charge in [-0.3, -0.25) is 9.59 Å². The lowest BCUT2D eigenvalue weighted by Crippen LogP contribution is -2.14. The third-order valence-corrected chi connectivity index (χ3v) is 4.97. The minimum atomic E-state index is -0.520. The molecule has 0 unspecified atom stereocenters. The molecule has 0 bridgehead atoms. The number of aryl methyl sites for hydroxylation is 1. The van der Waals surface area contributed by atoms with Crippen LogP contribution in [0.4, 0.5) is 5.69 Å². The highest BCUT2D eigenvalue weighted by atomic mass is 32.1. The van der Waals surface area contributed by atoms with E-state index in [9.17, 15) is 14.4 Å². The molecule has 1 N–H and O–H groups in total. The first-order valence-electron chi connectivity index (χ1n) is 8.66. The standard InChI is InChI=1S/C22H19NO4S/c1-14-3-5-16(6-4-14)19-11-12-28-21(19)22(26)27-13-20(25)17-7-9-18(10-8-17)23-15(2)24/h3-12H,13H2,1-2H3,(H,23,24). The van der Waals surface area contributed by atoms with Crippen molar-refractivity contribution in [3.8, 4) is 11.1 Å². The fraction of sp³-hybridized carbons (Fsp3) is 0.136. The van der Waals surface area contributed by atoms with E-state index in [-0.39, 0.29) is 18.3 Å². The number of hydrogen-bond acceptors (Lipinski definition) is 5. The second-order valence-electron chi connectivity index (χ2n) is 6.29. The van der Waals surface area contributed by atoms with Crippen LogP contribution < -0.4 is 5.32 Å². The molecule has 0 radical (unpaired) electrons. The van der Waals surface area contributed by atoms with E-state index in [4.69, 9.17) is 4.74 Å². The number of esters is 1. The summed E-state index contributed by atoms with van der Waals surface area (Å²) in [5, 5.41) is 4.46. The number of anilines is 1. The van der Waals surface area contributed by atoms with Gasteiger partial charge in [-0.1, -0.05) is 29.8 Å². The van der Waals surface area contributed by atoms with Gasteiger partial charge in [-0.2, -0.15) is 0 Å². The Morgan fingerprint density at radius 1 is 0.964 bits per heavy atom. The van der Waals surface area contributed by atoms with Gasteiger partial charge in [0.2, 0.25) is 5.91 Å². The van der Waals surface area contributed by atoms with E-state index in [0.717, 1.165) is 16.7 Å². The molecule has 142 valence electrons. The van der Waals surface area contributed by atoms with Crippen LogP contribution in [0.1, 0.15) is 32.5 Å². The molecular weight excluding hydrogens is 374 g/mol. The van der Waals surface area contributed by atoms with Crippen molar-refractivity contribution in [1.82, 2.24) is 0 Å². The maximum absolute atomic E-state index is 12.5. The number of thiophene rings is 1. The summed E-state index contributed by atoms with van der Waals surface area (Å²) in [7, 11) is 0. The molecule has 1 heterocycles. The Morgan fingerprint density at radius 2 is 1.64 bits per heavy atom. The van der Waals surface area contributed by atoms with Crippen LogP contribution in [0.15, 0.2) is 60.0 Å². The lowest BCUT2D eigenvalue weighted by atomic mass is 10.1. The van der Waals surface area contributed by atoms with Gasteiger partial charge in [0.15, 0.2) is 12.4 Å². The van der Waals surface area contributed by atoms with Crippen molar-refractivity contribution in [2.45, 2.75) is 13.8 Å². The van der Waals surface area contributed by atoms with E-state index in [0.29, 0.717) is 16.1 Å². The monoisotopic (exact) mass is 393 g/mol. The summed E-state index contributed by atoms with van der Waals surface area (Å²) >= 11 is 1.29. The number of Topliss-reactive ketones (excluding diaryl/α,β-unsaturated/α-hetero) is 1. The molecular formula is C22H19NO4S. The highest BCUT2D eigenvalue weighted by Crippen LogP contribution is 2.29. The molecule has 0 atom stereocenters. The summed E-state index contributed by atoms with van der Waals surface area (Å²) in [6.07, 6.45) is 0. The molecule has 0 saturated carbocycles. The van der Waals surface area contributed by atoms with Crippen molar-refractivity contribution in [2.24, 2.45) is 0 Å². The number of rotatable bonds is 6. The van der Waals surface area contributed by atoms with Gasteiger partial charge < -0.3 is 10.1 Å². The van der Waals surface area contributed by atoms with Gasteiger partial charge in [0, 0.05) is 23.7 Å². The molecule has 1 aromatic heterocycles. The third kappa shape index (κ3) is 4.72. The Hall–Kier alpha value is -3.25. The number of hydrogen-bond donors (Lipinski definition) is 1. The maximum atomic E-state index is 12.5. The van der Waals surface area contributed by atoms with E-state index in [1.807, 2.05) is 42.6 Å². The van der Waals surface area contributed by atoms with E-state index < -0.39 is 5.97 Å². The maximum Gasteiger partial charge on any atom is 0.349 e. The van der Waals surface area contributed by atoms with Crippen LogP contribution in [0, 0.1) is 6.92 Å². The van der Waals surface area contributed by atoms with Crippen LogP contribution in [0.3, 0.4) is 0 Å². The van der Waals surface area contributed by atoms with E-state index in [1.165, 1.54) is 18.3 Å². The van der Waals surface area contributed by atoms with Crippen LogP contribution in [0.5, 0.6) is 0 Å². The Balaban J connectivity index is 1.64. The van der Waals surface area contributed by atoms with Gasteiger partial charge in [-0.15, -0.1) is 11.3 Å². The molecule has 28 heavy (non-hydrogen) atoms. The van der Waals surface area contributed by atoms with E-state index in [1.54, 1.807) is 24.3 Å². The van der Waals surface area contributed by atoms with Gasteiger partial charge in [0.05, 0.1) is 0 Å². The quantitative estimate of drug-likeness (QED) is 0.486. The Labute approximate surface area is 167 Å². The first kappa shape index (κ1) is 19.5. The Kier molecular flexibility index (Phi) is 6.01. The summed E-state index contributed by atoms with van der Waals surface area (Å²) in [4.78, 5) is 36.3. The summed E-state index contributed by atoms with van der Waals surface area (Å²) < 4.78 is 5.24. The molecule has 0 fully saturated rings. The van der Waals surface area contributed by atoms with Crippen LogP contribution in [0.2, 0.25) is 0 Å². The Morgan fingerprint density at radius 3 is 2.29 bits per heavy atom. The smallest absolute Gasteiger partial charge is 0.349 e. The number of carbonyl (C=O) groups excluding carboxylic acids is 3. The zero-order valence-electron chi connectivity index (χ0n) is 15.5. The van der Waals surface area contributed by atoms with Crippen LogP contribution >= 0.6 is 11.3 Å². The molecule has 0 aliphatic carbocycles. The van der Waals surface area contributed by atoms with Gasteiger partial charge in [0.25, 0.3) is 0 Å². The highest BCUT2D eigenvalue weighted by molar-refractivity contribution is 7.12. The predicted octanol–water partition coefficient (Wildman–Crippen LogP) is 4.72. The van der Waals surface area contributed by atoms with Crippen molar-refractivity contribution in [3.63, 3.8) is 0 Å². The van der Waals surface area contributed by atoms with Crippen molar-refractivity contribution >= 4 is 34.7 Å².